The van der Waals surface area contributed by atoms with Crippen molar-refractivity contribution in [2.45, 2.75) is 37.5 Å². The fourth-order valence-electron chi connectivity index (χ4n) is 4.37. The van der Waals surface area contributed by atoms with Gasteiger partial charge in [0.2, 0.25) is 12.2 Å². The van der Waals surface area contributed by atoms with E-state index in [4.69, 9.17) is 35.2 Å². The number of hydrogen-bond donors (Lipinski definition) is 3. The van der Waals surface area contributed by atoms with Gasteiger partial charge in [-0.1, -0.05) is 6.07 Å². The van der Waals surface area contributed by atoms with Crippen LogP contribution in [0.2, 0.25) is 0 Å². The van der Waals surface area contributed by atoms with Gasteiger partial charge in [0.05, 0.1) is 20.3 Å². The number of fused-ring (bicyclic) bond motifs is 1. The van der Waals surface area contributed by atoms with E-state index in [1.165, 1.54) is 21.3 Å². The number of nitrogen functional groups attached to an aromatic ring is 1. The molecule has 0 unspecified atom stereocenters. The number of aliphatic hydroxyl groups is 1. The summed E-state index contributed by atoms with van der Waals surface area (Å²) < 4.78 is 27.9. The number of rotatable bonds is 8. The number of aliphatic hydroxyl groups excluding tert-OH is 1. The van der Waals surface area contributed by atoms with Crippen molar-refractivity contribution in [3.05, 3.63) is 47.5 Å². The van der Waals surface area contributed by atoms with E-state index in [0.29, 0.717) is 28.5 Å². The summed E-state index contributed by atoms with van der Waals surface area (Å²) in [6.45, 7) is 1.84. The number of ether oxygens (including phenoxy) is 5. The molecule has 0 saturated carbocycles. The first kappa shape index (κ1) is 25.9. The Kier molecular flexibility index (Phi) is 7.91. The van der Waals surface area contributed by atoms with E-state index in [-0.39, 0.29) is 12.5 Å². The molecule has 1 heterocycles. The Morgan fingerprint density at radius 2 is 1.86 bits per heavy atom. The average Bonchev–Trinajstić information content (AvgIpc) is 2.85. The summed E-state index contributed by atoms with van der Waals surface area (Å²) in [7, 11) is 5.99. The zero-order valence-electron chi connectivity index (χ0n) is 20.4. The van der Waals surface area contributed by atoms with Crippen LogP contribution in [0.15, 0.2) is 41.4 Å². The van der Waals surface area contributed by atoms with Crippen LogP contribution >= 0.6 is 0 Å². The minimum atomic E-state index is -1.35. The lowest BCUT2D eigenvalue weighted by atomic mass is 9.83. The van der Waals surface area contributed by atoms with Crippen molar-refractivity contribution in [3.8, 4) is 23.4 Å². The molecule has 0 spiro atoms. The Labute approximate surface area is 204 Å². The van der Waals surface area contributed by atoms with Gasteiger partial charge in [-0.05, 0) is 42.8 Å². The van der Waals surface area contributed by atoms with E-state index in [9.17, 15) is 10.4 Å². The maximum Gasteiger partial charge on any atom is 0.209 e. The minimum absolute atomic E-state index is 0.102. The van der Waals surface area contributed by atoms with Gasteiger partial charge in [0, 0.05) is 32.0 Å². The summed E-state index contributed by atoms with van der Waals surface area (Å²) in [5.74, 6) is 1.43. The molecule has 3 rings (SSSR count). The second-order valence-corrected chi connectivity index (χ2v) is 8.16. The molecule has 5 N–H and O–H groups in total. The van der Waals surface area contributed by atoms with E-state index < -0.39 is 24.0 Å². The van der Waals surface area contributed by atoms with Crippen molar-refractivity contribution in [1.29, 1.82) is 5.26 Å². The third-order valence-corrected chi connectivity index (χ3v) is 6.06. The van der Waals surface area contributed by atoms with E-state index in [1.807, 2.05) is 6.07 Å². The van der Waals surface area contributed by atoms with Crippen molar-refractivity contribution in [3.63, 3.8) is 0 Å². The minimum Gasteiger partial charge on any atom is -0.493 e. The number of nitriles is 1. The standard InChI is InChI=1S/C24H31N5O6/c1-24(22(33-4)34-5)21(30)20(16-11-15(26)7-9-17(16)35-24)29(23(27)28-13-25)12-14-6-8-18(31-2)19(10-14)32-3/h6-11,20-22,30H,12,26H2,1-5H3,(H2,27,28)/t20-,21+,24+/m1/s1. The van der Waals surface area contributed by atoms with Crippen LogP contribution in [0.1, 0.15) is 24.1 Å². The zero-order valence-corrected chi connectivity index (χ0v) is 20.4. The Hall–Kier alpha value is -3.72. The number of nitrogens with zero attached hydrogens (tertiary/aromatic N) is 3. The second kappa shape index (κ2) is 10.7. The highest BCUT2D eigenvalue weighted by atomic mass is 16.7. The van der Waals surface area contributed by atoms with Crippen molar-refractivity contribution in [2.24, 2.45) is 10.7 Å². The molecule has 2 aromatic rings. The fourth-order valence-corrected chi connectivity index (χ4v) is 4.37. The summed E-state index contributed by atoms with van der Waals surface area (Å²) in [6.07, 6.45) is -0.450. The largest absolute Gasteiger partial charge is 0.493 e. The van der Waals surface area contributed by atoms with Gasteiger partial charge < -0.3 is 45.2 Å². The fraction of sp³-hybridized carbons (Fsp3) is 0.417. The smallest absolute Gasteiger partial charge is 0.209 e. The Morgan fingerprint density at radius 3 is 2.46 bits per heavy atom. The van der Waals surface area contributed by atoms with Crippen LogP contribution in [0.25, 0.3) is 0 Å². The normalized spacial score (nSPS) is 21.6. The Morgan fingerprint density at radius 1 is 1.17 bits per heavy atom. The highest BCUT2D eigenvalue weighted by Gasteiger charge is 2.54. The van der Waals surface area contributed by atoms with Gasteiger partial charge in [-0.15, -0.1) is 4.99 Å². The number of methoxy groups -OCH3 is 4. The quantitative estimate of drug-likeness (QED) is 0.165. The number of anilines is 1. The van der Waals surface area contributed by atoms with Gasteiger partial charge in [0.25, 0.3) is 0 Å². The molecule has 188 valence electrons. The summed E-state index contributed by atoms with van der Waals surface area (Å²) in [5.41, 5.74) is 12.8. The monoisotopic (exact) mass is 485 g/mol. The van der Waals surface area contributed by atoms with Gasteiger partial charge in [-0.25, -0.2) is 0 Å². The lowest BCUT2D eigenvalue weighted by molar-refractivity contribution is -0.243. The molecule has 0 amide bonds. The molecule has 0 saturated heterocycles. The van der Waals surface area contributed by atoms with Crippen LogP contribution < -0.4 is 25.7 Å². The molecule has 3 atom stereocenters. The van der Waals surface area contributed by atoms with E-state index in [0.717, 1.165) is 5.56 Å². The number of hydrogen-bond acceptors (Lipinski definition) is 9. The molecule has 11 heteroatoms. The number of aliphatic imine (C=N–C) groups is 1. The van der Waals surface area contributed by atoms with Crippen LogP contribution in [0.4, 0.5) is 5.69 Å². The number of nitrogens with two attached hydrogens (primary N) is 2. The van der Waals surface area contributed by atoms with Crippen molar-refractivity contribution in [1.82, 2.24) is 4.90 Å². The molecule has 2 aromatic carbocycles. The molecule has 0 aromatic heterocycles. The van der Waals surface area contributed by atoms with Crippen molar-refractivity contribution in [2.75, 3.05) is 34.2 Å². The van der Waals surface area contributed by atoms with Crippen LogP contribution in [-0.4, -0.2) is 62.4 Å². The molecule has 11 nitrogen and oxygen atoms in total. The third-order valence-electron chi connectivity index (χ3n) is 6.06. The van der Waals surface area contributed by atoms with Gasteiger partial charge in [-0.2, -0.15) is 5.26 Å². The average molecular weight is 486 g/mol. The first-order valence-electron chi connectivity index (χ1n) is 10.8. The first-order valence-corrected chi connectivity index (χ1v) is 10.8. The molecular formula is C24H31N5O6. The predicted octanol–water partition coefficient (Wildman–Crippen LogP) is 1.76. The second-order valence-electron chi connectivity index (χ2n) is 8.16. The van der Waals surface area contributed by atoms with Crippen LogP contribution in [0.5, 0.6) is 17.2 Å². The SMILES string of the molecule is COc1ccc(CN(C(N)=NC#N)[C@@H]2c3cc(N)ccc3O[C@](C)(C(OC)OC)[C@H]2O)cc1OC. The van der Waals surface area contributed by atoms with Crippen molar-refractivity contribution >= 4 is 11.6 Å². The van der Waals surface area contributed by atoms with Crippen molar-refractivity contribution < 1.29 is 28.8 Å². The number of benzene rings is 2. The topological polar surface area (TPSA) is 158 Å². The van der Waals surface area contributed by atoms with E-state index in [2.05, 4.69) is 4.99 Å². The molecule has 0 aliphatic carbocycles. The van der Waals surface area contributed by atoms with Gasteiger partial charge in [0.1, 0.15) is 11.9 Å². The molecule has 0 radical (unpaired) electrons. The van der Waals surface area contributed by atoms with Gasteiger partial charge in [0.15, 0.2) is 23.4 Å². The molecule has 1 aliphatic heterocycles. The third kappa shape index (κ3) is 4.90. The summed E-state index contributed by atoms with van der Waals surface area (Å²) >= 11 is 0. The maximum atomic E-state index is 11.7. The molecule has 0 bridgehead atoms. The lowest BCUT2D eigenvalue weighted by Gasteiger charge is -2.49. The van der Waals surface area contributed by atoms with Crippen LogP contribution in [0.3, 0.4) is 0 Å². The van der Waals surface area contributed by atoms with Gasteiger partial charge >= 0.3 is 0 Å². The zero-order chi connectivity index (χ0) is 25.8. The first-order chi connectivity index (χ1) is 16.7. The predicted molar refractivity (Wildman–Crippen MR) is 129 cm³/mol. The highest BCUT2D eigenvalue weighted by Crippen LogP contribution is 2.46. The van der Waals surface area contributed by atoms with E-state index in [1.54, 1.807) is 55.5 Å². The van der Waals surface area contributed by atoms with Crippen LogP contribution in [0, 0.1) is 11.5 Å². The summed E-state index contributed by atoms with van der Waals surface area (Å²) in [6, 6.07) is 9.62. The molecule has 35 heavy (non-hydrogen) atoms. The molecule has 1 aliphatic rings. The number of guanidine groups is 1. The summed E-state index contributed by atoms with van der Waals surface area (Å²) in [4.78, 5) is 5.37. The highest BCUT2D eigenvalue weighted by molar-refractivity contribution is 5.80. The van der Waals surface area contributed by atoms with Crippen LogP contribution in [-0.2, 0) is 16.0 Å². The molecule has 0 fully saturated rings. The van der Waals surface area contributed by atoms with Gasteiger partial charge in [-0.3, -0.25) is 0 Å². The maximum absolute atomic E-state index is 11.7. The Bertz CT molecular complexity index is 1120. The summed E-state index contributed by atoms with van der Waals surface area (Å²) in [5, 5.41) is 20.9. The Balaban J connectivity index is 2.18. The lowest BCUT2D eigenvalue weighted by Crippen LogP contribution is -2.63. The molecular weight excluding hydrogens is 454 g/mol. The van der Waals surface area contributed by atoms with E-state index >= 15 is 0 Å².